The molecule has 12 N–H and O–H groups in total. The summed E-state index contributed by atoms with van der Waals surface area (Å²) in [6.07, 6.45) is -10.5. The highest BCUT2D eigenvalue weighted by Gasteiger charge is 2.53. The van der Waals surface area contributed by atoms with Crippen LogP contribution in [0, 0.1) is 0 Å². The molecule has 3 fully saturated rings. The van der Waals surface area contributed by atoms with Gasteiger partial charge in [0.25, 0.3) is 0 Å². The normalized spacial score (nSPS) is 37.3. The quantitative estimate of drug-likeness (QED) is 0.0337. The predicted octanol–water partition coefficient (Wildman–Crippen LogP) is -2.43. The van der Waals surface area contributed by atoms with Crippen molar-refractivity contribution in [2.45, 2.75) is 195 Å². The minimum atomic E-state index is -1.97. The van der Waals surface area contributed by atoms with E-state index in [2.05, 4.69) is 12.2 Å². The molecule has 0 bridgehead atoms. The van der Waals surface area contributed by atoms with Crippen molar-refractivity contribution < 1.29 is 89.4 Å². The monoisotopic (exact) mass is 827 g/mol. The molecule has 19 nitrogen and oxygen atoms in total. The van der Waals surface area contributed by atoms with Crippen LogP contribution in [0.2, 0.25) is 0 Å². The molecule has 1 amide bonds. The van der Waals surface area contributed by atoms with Crippen molar-refractivity contribution in [1.82, 2.24) is 5.32 Å². The standard InChI is InChI=1S/C38H69NO18/c1-3-5-6-7-8-9-10-11-12-13-14-15-16-22(43)21(39-26(44)4-2)20-52-36-32(50)29(47)34(24(18-41)54-36)57-38-33(51)30(48)35(25(19-42)55-38)56-37-31(49)28(46)27(45)23(17-40)53-37/h15-16,21-25,27-38,40-43,45-51H,3-14,17-20H2,1-2H3,(H,39,44)/b16-15+. The van der Waals surface area contributed by atoms with Gasteiger partial charge in [0.15, 0.2) is 18.9 Å². The number of carbonyl (C=O) groups is 1. The van der Waals surface area contributed by atoms with Gasteiger partial charge in [-0.15, -0.1) is 0 Å². The van der Waals surface area contributed by atoms with Crippen molar-refractivity contribution in [2.24, 2.45) is 0 Å². The Morgan fingerprint density at radius 3 is 1.58 bits per heavy atom. The van der Waals surface area contributed by atoms with Crippen LogP contribution in [0.1, 0.15) is 90.9 Å². The number of ether oxygens (including phenoxy) is 6. The van der Waals surface area contributed by atoms with E-state index in [0.29, 0.717) is 0 Å². The lowest BCUT2D eigenvalue weighted by Gasteiger charge is -2.48. The van der Waals surface area contributed by atoms with Gasteiger partial charge in [0.1, 0.15) is 73.2 Å². The minimum Gasteiger partial charge on any atom is -0.394 e. The first-order valence-corrected chi connectivity index (χ1v) is 20.4. The maximum absolute atomic E-state index is 12.3. The lowest BCUT2D eigenvalue weighted by molar-refractivity contribution is -0.379. The Hall–Kier alpha value is -1.47. The van der Waals surface area contributed by atoms with Gasteiger partial charge in [-0.3, -0.25) is 4.79 Å². The summed E-state index contributed by atoms with van der Waals surface area (Å²) >= 11 is 0. The fraction of sp³-hybridized carbons (Fsp3) is 0.921. The Morgan fingerprint density at radius 1 is 0.614 bits per heavy atom. The average Bonchev–Trinajstić information content (AvgIpc) is 3.21. The fourth-order valence-electron chi connectivity index (χ4n) is 7.03. The Bertz CT molecular complexity index is 1130. The van der Waals surface area contributed by atoms with E-state index in [-0.39, 0.29) is 18.9 Å². The Kier molecular flexibility index (Phi) is 22.8. The van der Waals surface area contributed by atoms with Crippen LogP contribution < -0.4 is 5.32 Å². The molecule has 17 atom stereocenters. The fourth-order valence-corrected chi connectivity index (χ4v) is 7.03. The molecule has 3 aliphatic heterocycles. The van der Waals surface area contributed by atoms with Crippen molar-refractivity contribution in [3.05, 3.63) is 12.2 Å². The maximum atomic E-state index is 12.3. The van der Waals surface area contributed by atoms with Gasteiger partial charge in [-0.1, -0.05) is 83.8 Å². The molecular formula is C38H69NO18. The lowest BCUT2D eigenvalue weighted by atomic mass is 9.96. The zero-order valence-electron chi connectivity index (χ0n) is 33.1. The third kappa shape index (κ3) is 14.6. The van der Waals surface area contributed by atoms with Crippen LogP contribution in [0.15, 0.2) is 12.2 Å². The SMILES string of the molecule is CCCCCCCCCCCC/C=C/C(O)C(COC1OC(CO)C(OC2OC(CO)C(OC3OC(CO)C(O)C(O)C3O)C(O)C2O)C(O)C1O)NC(=O)CC. The lowest BCUT2D eigenvalue weighted by Crippen LogP contribution is -2.66. The van der Waals surface area contributed by atoms with Crippen molar-refractivity contribution in [1.29, 1.82) is 0 Å². The molecule has 0 aromatic heterocycles. The summed E-state index contributed by atoms with van der Waals surface area (Å²) in [4.78, 5) is 12.3. The number of hydrogen-bond donors (Lipinski definition) is 12. The van der Waals surface area contributed by atoms with E-state index in [1.165, 1.54) is 44.9 Å². The molecule has 0 radical (unpaired) electrons. The van der Waals surface area contributed by atoms with Gasteiger partial charge in [-0.2, -0.15) is 0 Å². The number of aliphatic hydroxyl groups excluding tert-OH is 11. The third-order valence-electron chi connectivity index (χ3n) is 10.6. The zero-order chi connectivity index (χ0) is 42.1. The molecule has 0 aliphatic carbocycles. The summed E-state index contributed by atoms with van der Waals surface area (Å²) in [7, 11) is 0. The summed E-state index contributed by atoms with van der Waals surface area (Å²) in [5.41, 5.74) is 0. The molecule has 57 heavy (non-hydrogen) atoms. The third-order valence-corrected chi connectivity index (χ3v) is 10.6. The second-order valence-electron chi connectivity index (χ2n) is 15.1. The topological polar surface area (TPSA) is 307 Å². The highest BCUT2D eigenvalue weighted by atomic mass is 16.8. The molecule has 0 saturated carbocycles. The molecule has 0 aromatic rings. The summed E-state index contributed by atoms with van der Waals surface area (Å²) in [5.74, 6) is -0.368. The summed E-state index contributed by atoms with van der Waals surface area (Å²) in [5, 5.41) is 118. The number of carbonyl (C=O) groups excluding carboxylic acids is 1. The largest absolute Gasteiger partial charge is 0.394 e. The van der Waals surface area contributed by atoms with Crippen molar-refractivity contribution in [2.75, 3.05) is 26.4 Å². The van der Waals surface area contributed by atoms with Crippen LogP contribution in [0.25, 0.3) is 0 Å². The first kappa shape index (κ1) is 49.9. The van der Waals surface area contributed by atoms with Gasteiger partial charge in [0.05, 0.1) is 38.6 Å². The summed E-state index contributed by atoms with van der Waals surface area (Å²) in [6.45, 7) is 1.06. The molecular weight excluding hydrogens is 758 g/mol. The summed E-state index contributed by atoms with van der Waals surface area (Å²) in [6, 6.07) is -0.961. The molecule has 19 heteroatoms. The van der Waals surface area contributed by atoms with E-state index >= 15 is 0 Å². The van der Waals surface area contributed by atoms with Gasteiger partial charge in [0, 0.05) is 6.42 Å². The van der Waals surface area contributed by atoms with E-state index in [9.17, 15) is 61.0 Å². The van der Waals surface area contributed by atoms with Gasteiger partial charge in [-0.05, 0) is 12.8 Å². The first-order valence-electron chi connectivity index (χ1n) is 20.4. The second-order valence-corrected chi connectivity index (χ2v) is 15.1. The second kappa shape index (κ2) is 26.0. The minimum absolute atomic E-state index is 0.125. The van der Waals surface area contributed by atoms with Crippen LogP contribution in [0.4, 0.5) is 0 Å². The Labute approximate surface area is 334 Å². The van der Waals surface area contributed by atoms with E-state index in [1.807, 2.05) is 6.08 Å². The van der Waals surface area contributed by atoms with E-state index in [0.717, 1.165) is 25.7 Å². The van der Waals surface area contributed by atoms with E-state index in [4.69, 9.17) is 28.4 Å². The predicted molar refractivity (Wildman–Crippen MR) is 199 cm³/mol. The van der Waals surface area contributed by atoms with Crippen LogP contribution in [-0.4, -0.2) is 193 Å². The molecule has 3 heterocycles. The van der Waals surface area contributed by atoms with Gasteiger partial charge >= 0.3 is 0 Å². The number of nitrogens with one attached hydrogen (secondary N) is 1. The molecule has 3 aliphatic rings. The van der Waals surface area contributed by atoms with Gasteiger partial charge in [0.2, 0.25) is 5.91 Å². The molecule has 3 rings (SSSR count). The molecule has 3 saturated heterocycles. The molecule has 17 unspecified atom stereocenters. The van der Waals surface area contributed by atoms with E-state index in [1.54, 1.807) is 13.0 Å². The number of allylic oxidation sites excluding steroid dienone is 1. The Morgan fingerprint density at radius 2 is 1.07 bits per heavy atom. The van der Waals surface area contributed by atoms with E-state index < -0.39 is 124 Å². The molecule has 0 aromatic carbocycles. The first-order chi connectivity index (χ1) is 27.3. The van der Waals surface area contributed by atoms with Crippen molar-refractivity contribution in [3.63, 3.8) is 0 Å². The van der Waals surface area contributed by atoms with Gasteiger partial charge in [-0.25, -0.2) is 0 Å². The Balaban J connectivity index is 1.55. The van der Waals surface area contributed by atoms with Crippen molar-refractivity contribution in [3.8, 4) is 0 Å². The summed E-state index contributed by atoms with van der Waals surface area (Å²) < 4.78 is 33.6. The smallest absolute Gasteiger partial charge is 0.220 e. The molecule has 0 spiro atoms. The maximum Gasteiger partial charge on any atom is 0.220 e. The van der Waals surface area contributed by atoms with Crippen LogP contribution in [0.5, 0.6) is 0 Å². The van der Waals surface area contributed by atoms with Crippen LogP contribution >= 0.6 is 0 Å². The van der Waals surface area contributed by atoms with Gasteiger partial charge < -0.3 is 89.9 Å². The number of aliphatic hydroxyl groups is 11. The molecule has 334 valence electrons. The highest BCUT2D eigenvalue weighted by molar-refractivity contribution is 5.75. The zero-order valence-corrected chi connectivity index (χ0v) is 33.1. The number of amides is 1. The van der Waals surface area contributed by atoms with Crippen LogP contribution in [-0.2, 0) is 33.2 Å². The average molecular weight is 828 g/mol. The number of rotatable bonds is 25. The van der Waals surface area contributed by atoms with Crippen molar-refractivity contribution >= 4 is 5.91 Å². The number of unbranched alkanes of at least 4 members (excludes halogenated alkanes) is 10. The highest BCUT2D eigenvalue weighted by Crippen LogP contribution is 2.32. The number of hydrogen-bond acceptors (Lipinski definition) is 18. The van der Waals surface area contributed by atoms with Crippen LogP contribution in [0.3, 0.4) is 0 Å².